The molecule has 0 saturated carbocycles. The van der Waals surface area contributed by atoms with Crippen LogP contribution in [0.15, 0.2) is 24.3 Å². The minimum Gasteiger partial charge on any atom is -0.462 e. The molecule has 0 fully saturated rings. The average molecular weight is 1390 g/mol. The van der Waals surface area contributed by atoms with E-state index in [9.17, 15) is 43.2 Å². The summed E-state index contributed by atoms with van der Waals surface area (Å²) >= 11 is 0. The highest BCUT2D eigenvalue weighted by molar-refractivity contribution is 7.47. The second-order valence-electron chi connectivity index (χ2n) is 26.9. The fourth-order valence-electron chi connectivity index (χ4n) is 11.1. The zero-order valence-corrected chi connectivity index (χ0v) is 63.1. The third-order valence-corrected chi connectivity index (χ3v) is 19.4. The van der Waals surface area contributed by atoms with Crippen LogP contribution in [0.5, 0.6) is 0 Å². The number of allylic oxidation sites excluding steroid dienone is 4. The number of hydrogen-bond donors (Lipinski definition) is 3. The van der Waals surface area contributed by atoms with E-state index in [4.69, 9.17) is 37.0 Å². The van der Waals surface area contributed by atoms with Crippen molar-refractivity contribution >= 4 is 39.5 Å². The van der Waals surface area contributed by atoms with Gasteiger partial charge in [0.05, 0.1) is 26.4 Å². The lowest BCUT2D eigenvalue weighted by molar-refractivity contribution is -0.161. The third-order valence-electron chi connectivity index (χ3n) is 17.5. The summed E-state index contributed by atoms with van der Waals surface area (Å²) in [5.41, 5.74) is 0. The molecule has 0 aliphatic rings. The molecule has 560 valence electrons. The van der Waals surface area contributed by atoms with Gasteiger partial charge in [0, 0.05) is 25.7 Å². The van der Waals surface area contributed by atoms with Crippen LogP contribution in [0.2, 0.25) is 0 Å². The van der Waals surface area contributed by atoms with Crippen molar-refractivity contribution in [3.8, 4) is 0 Å². The molecular weight excluding hydrogens is 1250 g/mol. The van der Waals surface area contributed by atoms with Crippen LogP contribution in [0.25, 0.3) is 0 Å². The predicted molar refractivity (Wildman–Crippen MR) is 386 cm³/mol. The number of aliphatic hydroxyl groups excluding tert-OH is 1. The number of phosphoric acid groups is 2. The first-order chi connectivity index (χ1) is 46.1. The van der Waals surface area contributed by atoms with Gasteiger partial charge in [-0.1, -0.05) is 322 Å². The van der Waals surface area contributed by atoms with Gasteiger partial charge in [0.2, 0.25) is 0 Å². The number of carbonyl (C=O) groups is 4. The summed E-state index contributed by atoms with van der Waals surface area (Å²) in [6.45, 7) is 7.26. The molecule has 0 aromatic rings. The number of esters is 4. The molecule has 0 aromatic heterocycles. The molecule has 6 atom stereocenters. The van der Waals surface area contributed by atoms with Gasteiger partial charge in [0.1, 0.15) is 19.3 Å². The molecule has 0 radical (unpaired) electrons. The lowest BCUT2D eigenvalue weighted by Gasteiger charge is -2.21. The van der Waals surface area contributed by atoms with Crippen LogP contribution in [-0.4, -0.2) is 96.7 Å². The Bertz CT molecular complexity index is 1920. The van der Waals surface area contributed by atoms with E-state index in [1.54, 1.807) is 0 Å². The summed E-state index contributed by atoms with van der Waals surface area (Å²) in [6.07, 6.45) is 60.2. The van der Waals surface area contributed by atoms with Gasteiger partial charge in [-0.3, -0.25) is 37.3 Å². The normalized spacial score (nSPS) is 14.4. The van der Waals surface area contributed by atoms with E-state index in [2.05, 4.69) is 58.9 Å². The number of ether oxygens (including phenoxy) is 4. The maximum absolute atomic E-state index is 13.1. The minimum atomic E-state index is -4.96. The molecule has 95 heavy (non-hydrogen) atoms. The van der Waals surface area contributed by atoms with Crippen LogP contribution in [0.3, 0.4) is 0 Å². The Balaban J connectivity index is 5.30. The van der Waals surface area contributed by atoms with E-state index < -0.39 is 97.5 Å². The number of unbranched alkanes of at least 4 members (excludes halogenated alkanes) is 42. The molecule has 0 aliphatic heterocycles. The van der Waals surface area contributed by atoms with Gasteiger partial charge < -0.3 is 33.8 Å². The summed E-state index contributed by atoms with van der Waals surface area (Å²) in [6, 6.07) is 0. The number of hydrogen-bond acceptors (Lipinski definition) is 15. The fraction of sp³-hybridized carbons (Fsp3) is 0.895. The topological polar surface area (TPSA) is 237 Å². The van der Waals surface area contributed by atoms with Crippen LogP contribution < -0.4 is 0 Å². The molecule has 0 heterocycles. The molecule has 0 bridgehead atoms. The first-order valence-corrected chi connectivity index (χ1v) is 42.0. The summed E-state index contributed by atoms with van der Waals surface area (Å²) in [7, 11) is -9.92. The molecule has 3 N–H and O–H groups in total. The highest BCUT2D eigenvalue weighted by atomic mass is 31.2. The molecular formula is C76H144O17P2. The lowest BCUT2D eigenvalue weighted by Crippen LogP contribution is -2.30. The predicted octanol–water partition coefficient (Wildman–Crippen LogP) is 22.0. The van der Waals surface area contributed by atoms with Crippen LogP contribution in [-0.2, 0) is 65.4 Å². The maximum atomic E-state index is 13.1. The summed E-state index contributed by atoms with van der Waals surface area (Å²) in [4.78, 5) is 72.8. The van der Waals surface area contributed by atoms with Crippen molar-refractivity contribution in [2.75, 3.05) is 39.6 Å². The minimum absolute atomic E-state index is 0.0852. The third kappa shape index (κ3) is 68.5. The van der Waals surface area contributed by atoms with Gasteiger partial charge in [-0.05, 0) is 57.3 Å². The van der Waals surface area contributed by atoms with Gasteiger partial charge in [0.15, 0.2) is 12.2 Å². The maximum Gasteiger partial charge on any atom is 0.472 e. The number of aliphatic hydroxyl groups is 1. The lowest BCUT2D eigenvalue weighted by atomic mass is 9.99. The average Bonchev–Trinajstić information content (AvgIpc) is 1.86. The Hall–Kier alpha value is -2.46. The Morgan fingerprint density at radius 1 is 0.337 bits per heavy atom. The molecule has 3 unspecified atom stereocenters. The number of phosphoric ester groups is 2. The molecule has 0 rings (SSSR count). The van der Waals surface area contributed by atoms with Gasteiger partial charge in [-0.2, -0.15) is 0 Å². The summed E-state index contributed by atoms with van der Waals surface area (Å²) in [5, 5.41) is 10.6. The van der Waals surface area contributed by atoms with Crippen molar-refractivity contribution < 1.29 is 80.2 Å². The smallest absolute Gasteiger partial charge is 0.462 e. The Morgan fingerprint density at radius 2 is 0.589 bits per heavy atom. The Morgan fingerprint density at radius 3 is 0.895 bits per heavy atom. The van der Waals surface area contributed by atoms with Crippen molar-refractivity contribution in [3.63, 3.8) is 0 Å². The molecule has 0 saturated heterocycles. The van der Waals surface area contributed by atoms with Crippen molar-refractivity contribution in [1.82, 2.24) is 0 Å². The standard InChI is InChI=1S/C76H144O17P2/c1-6-10-13-16-19-22-25-28-30-32-35-42-47-52-57-62-76(81)93-72(66-87-74(79)60-55-50-45-40-37-36-38-43-48-53-58-69(5)9-4)68-91-95(84,85)89-64-70(77)63-88-94(82,83)90-67-71(65-86-73(78)59-54-49-44-39-33-27-24-21-18-15-12-8-3)92-75(80)61-56-51-46-41-34-31-29-26-23-20-17-14-11-7-2/h22,25,28,30,69-72,77H,6-21,23-24,26-27,29,31-68H2,1-5H3,(H,82,83)(H,84,85)/b25-22-,30-28-/t69?,70-,71+,72+/m0/s1. The molecule has 0 aliphatic carbocycles. The van der Waals surface area contributed by atoms with E-state index in [-0.39, 0.29) is 25.7 Å². The van der Waals surface area contributed by atoms with E-state index >= 15 is 0 Å². The Labute approximate surface area is 580 Å². The molecule has 19 heteroatoms. The molecule has 0 amide bonds. The van der Waals surface area contributed by atoms with Crippen LogP contribution in [0.1, 0.15) is 375 Å². The van der Waals surface area contributed by atoms with E-state index in [0.29, 0.717) is 25.7 Å². The monoisotopic (exact) mass is 1390 g/mol. The highest BCUT2D eigenvalue weighted by Gasteiger charge is 2.30. The first kappa shape index (κ1) is 92.5. The zero-order valence-electron chi connectivity index (χ0n) is 61.3. The summed E-state index contributed by atoms with van der Waals surface area (Å²) < 4.78 is 68.5. The van der Waals surface area contributed by atoms with Gasteiger partial charge in [-0.25, -0.2) is 9.13 Å². The fourth-order valence-corrected chi connectivity index (χ4v) is 12.7. The second-order valence-corrected chi connectivity index (χ2v) is 29.9. The highest BCUT2D eigenvalue weighted by Crippen LogP contribution is 2.45. The zero-order chi connectivity index (χ0) is 69.8. The quantitative estimate of drug-likeness (QED) is 0.0169. The van der Waals surface area contributed by atoms with Gasteiger partial charge >= 0.3 is 39.5 Å². The molecule has 17 nitrogen and oxygen atoms in total. The second kappa shape index (κ2) is 68.7. The largest absolute Gasteiger partial charge is 0.472 e. The van der Waals surface area contributed by atoms with E-state index in [1.165, 1.54) is 186 Å². The molecule has 0 aromatic carbocycles. The van der Waals surface area contributed by atoms with Gasteiger partial charge in [-0.15, -0.1) is 0 Å². The van der Waals surface area contributed by atoms with Gasteiger partial charge in [0.25, 0.3) is 0 Å². The SMILES string of the molecule is CCCCCC/C=C\C=C/CCCCCCCC(=O)O[C@H](COC(=O)CCCCCCCCCCCCC(C)CC)COP(=O)(O)OC[C@@H](O)COP(=O)(O)OC[C@@H](COC(=O)CCCCCCCCCCCCCC)OC(=O)CCCCCCCCCCCCCCCC. The Kier molecular flexibility index (Phi) is 66.9. The van der Waals surface area contributed by atoms with E-state index in [1.807, 2.05) is 0 Å². The van der Waals surface area contributed by atoms with Crippen molar-refractivity contribution in [2.24, 2.45) is 5.92 Å². The summed E-state index contributed by atoms with van der Waals surface area (Å²) in [5.74, 6) is -1.34. The van der Waals surface area contributed by atoms with Crippen LogP contribution in [0, 0.1) is 5.92 Å². The molecule has 0 spiro atoms. The van der Waals surface area contributed by atoms with E-state index in [0.717, 1.165) is 109 Å². The van der Waals surface area contributed by atoms with Crippen LogP contribution >= 0.6 is 15.6 Å². The van der Waals surface area contributed by atoms with Crippen molar-refractivity contribution in [3.05, 3.63) is 24.3 Å². The van der Waals surface area contributed by atoms with Crippen molar-refractivity contribution in [1.29, 1.82) is 0 Å². The number of carbonyl (C=O) groups excluding carboxylic acids is 4. The number of rotatable bonds is 74. The van der Waals surface area contributed by atoms with Crippen molar-refractivity contribution in [2.45, 2.75) is 393 Å². The van der Waals surface area contributed by atoms with Crippen LogP contribution in [0.4, 0.5) is 0 Å². The first-order valence-electron chi connectivity index (χ1n) is 39.0.